The zero-order chi connectivity index (χ0) is 11.4. The summed E-state index contributed by atoms with van der Waals surface area (Å²) in [6.45, 7) is 7.28. The van der Waals surface area contributed by atoms with Gasteiger partial charge in [0.15, 0.2) is 0 Å². The third-order valence-corrected chi connectivity index (χ3v) is 3.32. The Bertz CT molecular complexity index is 218. The van der Waals surface area contributed by atoms with Crippen LogP contribution in [-0.4, -0.2) is 29.4 Å². The van der Waals surface area contributed by atoms with Gasteiger partial charge in [-0.25, -0.2) is 0 Å². The second kappa shape index (κ2) is 5.50. The van der Waals surface area contributed by atoms with Crippen molar-refractivity contribution >= 4 is 5.91 Å². The maximum absolute atomic E-state index is 12.0. The highest BCUT2D eigenvalue weighted by Gasteiger charge is 2.29. The monoisotopic (exact) mass is 212 g/mol. The molecule has 0 radical (unpaired) electrons. The summed E-state index contributed by atoms with van der Waals surface area (Å²) in [6.07, 6.45) is 4.13. The molecule has 1 amide bonds. The molecule has 0 aromatic rings. The molecular formula is C12H24N2O. The van der Waals surface area contributed by atoms with Crippen molar-refractivity contribution in [1.29, 1.82) is 0 Å². The Kier molecular flexibility index (Phi) is 4.58. The van der Waals surface area contributed by atoms with E-state index >= 15 is 0 Å². The molecule has 0 aromatic carbocycles. The van der Waals surface area contributed by atoms with Crippen LogP contribution < -0.4 is 5.73 Å². The highest BCUT2D eigenvalue weighted by molar-refractivity contribution is 5.82. The van der Waals surface area contributed by atoms with Gasteiger partial charge in [0.05, 0.1) is 6.04 Å². The lowest BCUT2D eigenvalue weighted by Crippen LogP contribution is -2.51. The molecule has 1 saturated heterocycles. The number of amides is 1. The molecule has 3 nitrogen and oxygen atoms in total. The molecule has 3 heteroatoms. The van der Waals surface area contributed by atoms with E-state index in [-0.39, 0.29) is 11.9 Å². The first-order valence-corrected chi connectivity index (χ1v) is 6.12. The highest BCUT2D eigenvalue weighted by atomic mass is 16.2. The number of nitrogens with zero attached hydrogens (tertiary/aromatic N) is 1. The van der Waals surface area contributed by atoms with E-state index in [0.29, 0.717) is 12.0 Å². The van der Waals surface area contributed by atoms with E-state index in [1.165, 1.54) is 6.42 Å². The van der Waals surface area contributed by atoms with Gasteiger partial charge in [-0.3, -0.25) is 4.79 Å². The molecule has 1 fully saturated rings. The Hall–Kier alpha value is -0.570. The maximum Gasteiger partial charge on any atom is 0.239 e. The Balaban J connectivity index is 2.56. The number of nitrogens with two attached hydrogens (primary N) is 1. The number of carbonyl (C=O) groups excluding carboxylic acids is 1. The fourth-order valence-corrected chi connectivity index (χ4v) is 2.24. The molecule has 3 atom stereocenters. The molecule has 0 aliphatic carbocycles. The van der Waals surface area contributed by atoms with Crippen LogP contribution in [0.1, 0.15) is 46.5 Å². The average Bonchev–Trinajstić information content (AvgIpc) is 2.21. The summed E-state index contributed by atoms with van der Waals surface area (Å²) < 4.78 is 0. The minimum absolute atomic E-state index is 0.149. The molecule has 1 aliphatic rings. The molecule has 2 N–H and O–H groups in total. The molecule has 1 rings (SSSR count). The van der Waals surface area contributed by atoms with Gasteiger partial charge in [0.2, 0.25) is 5.91 Å². The lowest BCUT2D eigenvalue weighted by atomic mass is 9.94. The van der Waals surface area contributed by atoms with Gasteiger partial charge in [-0.1, -0.05) is 20.3 Å². The SMILES string of the molecule is CCC[C@@H](N)C(=O)N1CC(C)CCC1C. The van der Waals surface area contributed by atoms with Crippen LogP contribution in [0.25, 0.3) is 0 Å². The molecule has 88 valence electrons. The van der Waals surface area contributed by atoms with E-state index in [1.807, 2.05) is 4.90 Å². The lowest BCUT2D eigenvalue weighted by Gasteiger charge is -2.38. The van der Waals surface area contributed by atoms with Crippen LogP contribution >= 0.6 is 0 Å². The van der Waals surface area contributed by atoms with Gasteiger partial charge in [-0.2, -0.15) is 0 Å². The minimum atomic E-state index is -0.289. The van der Waals surface area contributed by atoms with Crippen LogP contribution in [0.2, 0.25) is 0 Å². The molecule has 0 spiro atoms. The van der Waals surface area contributed by atoms with Crippen molar-refractivity contribution in [1.82, 2.24) is 4.90 Å². The molecule has 1 heterocycles. The lowest BCUT2D eigenvalue weighted by molar-refractivity contribution is -0.137. The largest absolute Gasteiger partial charge is 0.338 e. The number of hydrogen-bond acceptors (Lipinski definition) is 2. The number of hydrogen-bond donors (Lipinski definition) is 1. The molecular weight excluding hydrogens is 188 g/mol. The first-order chi connectivity index (χ1) is 7.06. The van der Waals surface area contributed by atoms with Gasteiger partial charge in [0, 0.05) is 12.6 Å². The fourth-order valence-electron chi connectivity index (χ4n) is 2.24. The van der Waals surface area contributed by atoms with Gasteiger partial charge < -0.3 is 10.6 Å². The first-order valence-electron chi connectivity index (χ1n) is 6.12. The topological polar surface area (TPSA) is 46.3 Å². The number of piperidine rings is 1. The first kappa shape index (κ1) is 12.5. The second-order valence-electron chi connectivity index (χ2n) is 4.92. The van der Waals surface area contributed by atoms with E-state index in [9.17, 15) is 4.79 Å². The average molecular weight is 212 g/mol. The van der Waals surface area contributed by atoms with Crippen molar-refractivity contribution < 1.29 is 4.79 Å². The fraction of sp³-hybridized carbons (Fsp3) is 0.917. The Morgan fingerprint density at radius 3 is 2.73 bits per heavy atom. The molecule has 1 aliphatic heterocycles. The Morgan fingerprint density at radius 2 is 2.13 bits per heavy atom. The zero-order valence-corrected chi connectivity index (χ0v) is 10.2. The van der Waals surface area contributed by atoms with Crippen LogP contribution in [0.4, 0.5) is 0 Å². The van der Waals surface area contributed by atoms with Gasteiger partial charge in [-0.15, -0.1) is 0 Å². The van der Waals surface area contributed by atoms with Crippen molar-refractivity contribution in [2.45, 2.75) is 58.5 Å². The standard InChI is InChI=1S/C12H24N2O/c1-4-5-11(13)12(15)14-8-9(2)6-7-10(14)3/h9-11H,4-8,13H2,1-3H3/t9?,10?,11-/m1/s1. The van der Waals surface area contributed by atoms with Gasteiger partial charge in [0.1, 0.15) is 0 Å². The Labute approximate surface area is 93.0 Å². The van der Waals surface area contributed by atoms with Crippen LogP contribution in [0.3, 0.4) is 0 Å². The van der Waals surface area contributed by atoms with Crippen LogP contribution in [0.15, 0.2) is 0 Å². The van der Waals surface area contributed by atoms with Crippen molar-refractivity contribution in [3.63, 3.8) is 0 Å². The van der Waals surface area contributed by atoms with E-state index in [4.69, 9.17) is 5.73 Å². The van der Waals surface area contributed by atoms with Crippen LogP contribution in [0.5, 0.6) is 0 Å². The van der Waals surface area contributed by atoms with E-state index in [2.05, 4.69) is 20.8 Å². The smallest absolute Gasteiger partial charge is 0.239 e. The highest BCUT2D eigenvalue weighted by Crippen LogP contribution is 2.22. The normalized spacial score (nSPS) is 28.9. The number of rotatable bonds is 3. The van der Waals surface area contributed by atoms with E-state index < -0.39 is 0 Å². The van der Waals surface area contributed by atoms with Crippen LogP contribution in [0, 0.1) is 5.92 Å². The predicted molar refractivity (Wildman–Crippen MR) is 62.5 cm³/mol. The van der Waals surface area contributed by atoms with E-state index in [1.54, 1.807) is 0 Å². The maximum atomic E-state index is 12.0. The number of carbonyl (C=O) groups is 1. The van der Waals surface area contributed by atoms with Gasteiger partial charge in [-0.05, 0) is 32.1 Å². The third-order valence-electron chi connectivity index (χ3n) is 3.32. The summed E-state index contributed by atoms with van der Waals surface area (Å²) in [4.78, 5) is 14.0. The summed E-state index contributed by atoms with van der Waals surface area (Å²) in [5.74, 6) is 0.773. The Morgan fingerprint density at radius 1 is 1.47 bits per heavy atom. The summed E-state index contributed by atoms with van der Waals surface area (Å²) in [5.41, 5.74) is 5.88. The summed E-state index contributed by atoms with van der Waals surface area (Å²) >= 11 is 0. The molecule has 0 bridgehead atoms. The summed E-state index contributed by atoms with van der Waals surface area (Å²) in [5, 5.41) is 0. The van der Waals surface area contributed by atoms with E-state index in [0.717, 1.165) is 25.8 Å². The molecule has 0 saturated carbocycles. The molecule has 2 unspecified atom stereocenters. The predicted octanol–water partition coefficient (Wildman–Crippen LogP) is 1.76. The second-order valence-corrected chi connectivity index (χ2v) is 4.92. The minimum Gasteiger partial charge on any atom is -0.338 e. The summed E-state index contributed by atoms with van der Waals surface area (Å²) in [7, 11) is 0. The quantitative estimate of drug-likeness (QED) is 0.775. The molecule has 15 heavy (non-hydrogen) atoms. The van der Waals surface area contributed by atoms with Crippen molar-refractivity contribution in [3.8, 4) is 0 Å². The summed E-state index contributed by atoms with van der Waals surface area (Å²) in [6, 6.07) is 0.0827. The van der Waals surface area contributed by atoms with Crippen molar-refractivity contribution in [3.05, 3.63) is 0 Å². The van der Waals surface area contributed by atoms with Gasteiger partial charge in [0.25, 0.3) is 0 Å². The van der Waals surface area contributed by atoms with Crippen LogP contribution in [-0.2, 0) is 4.79 Å². The van der Waals surface area contributed by atoms with Crippen molar-refractivity contribution in [2.75, 3.05) is 6.54 Å². The van der Waals surface area contributed by atoms with Gasteiger partial charge >= 0.3 is 0 Å². The van der Waals surface area contributed by atoms with Crippen molar-refractivity contribution in [2.24, 2.45) is 11.7 Å². The zero-order valence-electron chi connectivity index (χ0n) is 10.2. The third kappa shape index (κ3) is 3.20. The number of likely N-dealkylation sites (tertiary alicyclic amines) is 1. The molecule has 0 aromatic heterocycles.